The highest BCUT2D eigenvalue weighted by Gasteiger charge is 2.20. The molecule has 0 aromatic heterocycles. The Hall–Kier alpha value is -0.610. The number of ether oxygens (including phenoxy) is 2. The lowest BCUT2D eigenvalue weighted by atomic mass is 9.94. The molecule has 2 N–H and O–H groups in total. The first kappa shape index (κ1) is 12.5. The van der Waals surface area contributed by atoms with Gasteiger partial charge >= 0.3 is 5.97 Å². The lowest BCUT2D eigenvalue weighted by Crippen LogP contribution is -2.31. The standard InChI is InChI=1S/C11H21NO3/c1-8(2)15-11(13)7-14-10-5-3-9(12)4-6-10/h8-10H,3-7,12H2,1-2H3. The first-order chi connectivity index (χ1) is 7.08. The monoisotopic (exact) mass is 215 g/mol. The maximum absolute atomic E-state index is 11.2. The van der Waals surface area contributed by atoms with Gasteiger partial charge in [-0.1, -0.05) is 0 Å². The first-order valence-electron chi connectivity index (χ1n) is 5.64. The van der Waals surface area contributed by atoms with E-state index in [2.05, 4.69) is 0 Å². The minimum atomic E-state index is -0.278. The summed E-state index contributed by atoms with van der Waals surface area (Å²) in [5.41, 5.74) is 5.77. The molecule has 1 aliphatic rings. The molecule has 4 nitrogen and oxygen atoms in total. The zero-order valence-corrected chi connectivity index (χ0v) is 9.57. The number of hydrogen-bond acceptors (Lipinski definition) is 4. The number of esters is 1. The van der Waals surface area contributed by atoms with E-state index in [0.717, 1.165) is 25.7 Å². The fraction of sp³-hybridized carbons (Fsp3) is 0.909. The van der Waals surface area contributed by atoms with Crippen molar-refractivity contribution in [1.82, 2.24) is 0 Å². The third-order valence-corrected chi connectivity index (χ3v) is 2.52. The normalized spacial score (nSPS) is 26.7. The van der Waals surface area contributed by atoms with Crippen LogP contribution < -0.4 is 5.73 Å². The van der Waals surface area contributed by atoms with Crippen molar-refractivity contribution < 1.29 is 14.3 Å². The average molecular weight is 215 g/mol. The van der Waals surface area contributed by atoms with Crippen LogP contribution in [0.5, 0.6) is 0 Å². The summed E-state index contributed by atoms with van der Waals surface area (Å²) in [6.45, 7) is 3.73. The van der Waals surface area contributed by atoms with E-state index >= 15 is 0 Å². The molecule has 0 bridgehead atoms. The Kier molecular flexibility index (Phi) is 5.05. The molecule has 0 spiro atoms. The summed E-state index contributed by atoms with van der Waals surface area (Å²) >= 11 is 0. The van der Waals surface area contributed by atoms with Crippen LogP contribution in [0, 0.1) is 0 Å². The van der Waals surface area contributed by atoms with E-state index in [-0.39, 0.29) is 24.8 Å². The highest BCUT2D eigenvalue weighted by atomic mass is 16.6. The van der Waals surface area contributed by atoms with Crippen LogP contribution in [0.15, 0.2) is 0 Å². The number of rotatable bonds is 4. The number of carbonyl (C=O) groups excluding carboxylic acids is 1. The molecule has 0 radical (unpaired) electrons. The van der Waals surface area contributed by atoms with Gasteiger partial charge in [0.2, 0.25) is 0 Å². The van der Waals surface area contributed by atoms with Crippen LogP contribution in [-0.4, -0.2) is 30.8 Å². The second-order valence-corrected chi connectivity index (χ2v) is 4.39. The minimum absolute atomic E-state index is 0.0675. The summed E-state index contributed by atoms with van der Waals surface area (Å²) in [5.74, 6) is -0.278. The molecule has 0 aliphatic heterocycles. The lowest BCUT2D eigenvalue weighted by molar-refractivity contribution is -0.155. The smallest absolute Gasteiger partial charge is 0.332 e. The number of hydrogen-bond donors (Lipinski definition) is 1. The molecular weight excluding hydrogens is 194 g/mol. The van der Waals surface area contributed by atoms with E-state index in [0.29, 0.717) is 6.04 Å². The zero-order valence-electron chi connectivity index (χ0n) is 9.57. The Morgan fingerprint density at radius 1 is 1.33 bits per heavy atom. The van der Waals surface area contributed by atoms with Gasteiger partial charge in [-0.3, -0.25) is 0 Å². The maximum Gasteiger partial charge on any atom is 0.332 e. The summed E-state index contributed by atoms with van der Waals surface area (Å²) < 4.78 is 10.4. The summed E-state index contributed by atoms with van der Waals surface area (Å²) in [6.07, 6.45) is 4.01. The van der Waals surface area contributed by atoms with Crippen LogP contribution in [0.4, 0.5) is 0 Å². The van der Waals surface area contributed by atoms with Crippen molar-refractivity contribution in [2.24, 2.45) is 5.73 Å². The van der Waals surface area contributed by atoms with Crippen molar-refractivity contribution in [2.45, 2.75) is 57.8 Å². The van der Waals surface area contributed by atoms with Crippen LogP contribution in [0.25, 0.3) is 0 Å². The van der Waals surface area contributed by atoms with Crippen molar-refractivity contribution >= 4 is 5.97 Å². The van der Waals surface area contributed by atoms with Crippen LogP contribution in [0.2, 0.25) is 0 Å². The van der Waals surface area contributed by atoms with Gasteiger partial charge in [0.25, 0.3) is 0 Å². The molecule has 1 aliphatic carbocycles. The van der Waals surface area contributed by atoms with Crippen molar-refractivity contribution in [1.29, 1.82) is 0 Å². The highest BCUT2D eigenvalue weighted by molar-refractivity contribution is 5.70. The molecule has 0 unspecified atom stereocenters. The molecule has 1 rings (SSSR count). The maximum atomic E-state index is 11.2. The van der Waals surface area contributed by atoms with Gasteiger partial charge in [0.1, 0.15) is 6.61 Å². The van der Waals surface area contributed by atoms with Crippen LogP contribution in [0.1, 0.15) is 39.5 Å². The fourth-order valence-corrected chi connectivity index (χ4v) is 1.74. The van der Waals surface area contributed by atoms with Crippen LogP contribution in [-0.2, 0) is 14.3 Å². The summed E-state index contributed by atoms with van der Waals surface area (Å²) in [4.78, 5) is 11.2. The van der Waals surface area contributed by atoms with E-state index in [4.69, 9.17) is 15.2 Å². The molecule has 0 aromatic rings. The van der Waals surface area contributed by atoms with Crippen LogP contribution >= 0.6 is 0 Å². The van der Waals surface area contributed by atoms with Gasteiger partial charge in [-0.2, -0.15) is 0 Å². The number of carbonyl (C=O) groups is 1. The molecule has 0 amide bonds. The van der Waals surface area contributed by atoms with Crippen molar-refractivity contribution in [3.63, 3.8) is 0 Å². The molecule has 1 saturated carbocycles. The summed E-state index contributed by atoms with van der Waals surface area (Å²) in [6, 6.07) is 0.312. The lowest BCUT2D eigenvalue weighted by Gasteiger charge is -2.25. The molecule has 0 aromatic carbocycles. The van der Waals surface area contributed by atoms with Gasteiger partial charge in [0.15, 0.2) is 0 Å². The van der Waals surface area contributed by atoms with Crippen molar-refractivity contribution in [3.05, 3.63) is 0 Å². The second-order valence-electron chi connectivity index (χ2n) is 4.39. The van der Waals surface area contributed by atoms with Gasteiger partial charge in [-0.25, -0.2) is 4.79 Å². The number of nitrogens with two attached hydrogens (primary N) is 1. The Morgan fingerprint density at radius 2 is 1.93 bits per heavy atom. The largest absolute Gasteiger partial charge is 0.461 e. The fourth-order valence-electron chi connectivity index (χ4n) is 1.74. The molecule has 0 atom stereocenters. The van der Waals surface area contributed by atoms with Gasteiger partial charge in [-0.05, 0) is 39.5 Å². The summed E-state index contributed by atoms with van der Waals surface area (Å²) in [7, 11) is 0. The molecule has 0 heterocycles. The van der Waals surface area contributed by atoms with Gasteiger partial charge in [-0.15, -0.1) is 0 Å². The van der Waals surface area contributed by atoms with Gasteiger partial charge < -0.3 is 15.2 Å². The van der Waals surface area contributed by atoms with E-state index in [1.54, 1.807) is 0 Å². The molecule has 4 heteroatoms. The van der Waals surface area contributed by atoms with Gasteiger partial charge in [0.05, 0.1) is 12.2 Å². The zero-order chi connectivity index (χ0) is 11.3. The Balaban J connectivity index is 2.12. The molecule has 15 heavy (non-hydrogen) atoms. The van der Waals surface area contributed by atoms with E-state index in [1.807, 2.05) is 13.8 Å². The Bertz CT molecular complexity index is 198. The predicted molar refractivity (Wildman–Crippen MR) is 57.4 cm³/mol. The molecule has 0 saturated heterocycles. The summed E-state index contributed by atoms with van der Waals surface area (Å²) in [5, 5.41) is 0. The third kappa shape index (κ3) is 5.14. The van der Waals surface area contributed by atoms with E-state index in [9.17, 15) is 4.79 Å². The predicted octanol–water partition coefficient (Wildman–Crippen LogP) is 1.22. The highest BCUT2D eigenvalue weighted by Crippen LogP contribution is 2.19. The third-order valence-electron chi connectivity index (χ3n) is 2.52. The SMILES string of the molecule is CC(C)OC(=O)COC1CCC(N)CC1. The minimum Gasteiger partial charge on any atom is -0.461 e. The molecular formula is C11H21NO3. The molecule has 1 fully saturated rings. The first-order valence-corrected chi connectivity index (χ1v) is 5.64. The van der Waals surface area contributed by atoms with Crippen LogP contribution in [0.3, 0.4) is 0 Å². The van der Waals surface area contributed by atoms with E-state index < -0.39 is 0 Å². The average Bonchev–Trinajstić information content (AvgIpc) is 2.16. The topological polar surface area (TPSA) is 61.5 Å². The van der Waals surface area contributed by atoms with E-state index in [1.165, 1.54) is 0 Å². The Labute approximate surface area is 91.1 Å². The van der Waals surface area contributed by atoms with Crippen molar-refractivity contribution in [3.8, 4) is 0 Å². The Morgan fingerprint density at radius 3 is 2.47 bits per heavy atom. The second kappa shape index (κ2) is 6.08. The van der Waals surface area contributed by atoms with Gasteiger partial charge in [0, 0.05) is 6.04 Å². The quantitative estimate of drug-likeness (QED) is 0.716. The molecule has 88 valence electrons. The van der Waals surface area contributed by atoms with Crippen molar-refractivity contribution in [2.75, 3.05) is 6.61 Å².